The van der Waals surface area contributed by atoms with Crippen LogP contribution >= 0.6 is 0 Å². The van der Waals surface area contributed by atoms with E-state index in [1.807, 2.05) is 6.92 Å². The van der Waals surface area contributed by atoms with Crippen molar-refractivity contribution in [2.24, 2.45) is 0 Å². The first-order valence-electron chi connectivity index (χ1n) is 7.29. The average Bonchev–Trinajstić information content (AvgIpc) is 2.58. The monoisotopic (exact) mass is 373 g/mol. The Bertz CT molecular complexity index is 517. The lowest BCUT2D eigenvalue weighted by atomic mass is 10.1. The Labute approximate surface area is 138 Å². The summed E-state index contributed by atoms with van der Waals surface area (Å²) in [5, 5.41) is 2.25. The maximum absolute atomic E-state index is 13.4. The van der Waals surface area contributed by atoms with E-state index in [0.29, 0.717) is 19.3 Å². The lowest BCUT2D eigenvalue weighted by Gasteiger charge is -2.18. The van der Waals surface area contributed by atoms with Crippen molar-refractivity contribution in [3.05, 3.63) is 29.1 Å². The fourth-order valence-corrected chi connectivity index (χ4v) is 2.93. The maximum atomic E-state index is 13.4. The van der Waals surface area contributed by atoms with Gasteiger partial charge in [0.25, 0.3) is 0 Å². The predicted octanol–water partition coefficient (Wildman–Crippen LogP) is 3.38. The van der Waals surface area contributed by atoms with Crippen molar-refractivity contribution < 1.29 is 35.2 Å². The summed E-state index contributed by atoms with van der Waals surface area (Å²) in [7, 11) is 0.853. The molecule has 0 saturated carbocycles. The van der Waals surface area contributed by atoms with Crippen molar-refractivity contribution in [3.8, 4) is 0 Å². The summed E-state index contributed by atoms with van der Waals surface area (Å²) < 4.78 is 81.4. The molecule has 24 heavy (non-hydrogen) atoms. The highest BCUT2D eigenvalue weighted by molar-refractivity contribution is 6.36. The third kappa shape index (κ3) is 5.40. The fourth-order valence-electron chi connectivity index (χ4n) is 2.00. The van der Waals surface area contributed by atoms with Gasteiger partial charge in [0, 0.05) is 26.9 Å². The topological polar surface area (TPSA) is 39.7 Å². The van der Waals surface area contributed by atoms with Crippen molar-refractivity contribution in [1.29, 1.82) is 0 Å². The van der Waals surface area contributed by atoms with E-state index in [1.54, 1.807) is 0 Å². The zero-order chi connectivity index (χ0) is 18.3. The highest BCUT2D eigenvalue weighted by Gasteiger charge is 2.25. The summed E-state index contributed by atoms with van der Waals surface area (Å²) in [4.78, 5) is 0. The predicted molar refractivity (Wildman–Crippen MR) is 80.3 cm³/mol. The molecule has 0 saturated heterocycles. The number of benzene rings is 1. The van der Waals surface area contributed by atoms with Gasteiger partial charge in [0.05, 0.1) is 0 Å². The normalized spacial score (nSPS) is 12.7. The average molecular weight is 373 g/mol. The number of rotatable bonds is 10. The first kappa shape index (κ1) is 20.8. The second-order valence-electron chi connectivity index (χ2n) is 5.07. The quantitative estimate of drug-likeness (QED) is 0.224. The van der Waals surface area contributed by atoms with E-state index in [0.717, 1.165) is 0 Å². The van der Waals surface area contributed by atoms with Gasteiger partial charge < -0.3 is 18.6 Å². The van der Waals surface area contributed by atoms with Crippen LogP contribution in [0.2, 0.25) is 0 Å². The molecule has 0 aliphatic heterocycles. The molecule has 10 heteroatoms. The SMILES string of the molecule is CO[SiH](OC)OC(C)CCCCNc1c(F)c(F)c(F)c(F)c1F. The van der Waals surface area contributed by atoms with Gasteiger partial charge in [-0.3, -0.25) is 0 Å². The van der Waals surface area contributed by atoms with Gasteiger partial charge in [-0.05, 0) is 26.2 Å². The maximum Gasteiger partial charge on any atom is 0.483 e. The van der Waals surface area contributed by atoms with E-state index < -0.39 is 44.3 Å². The summed E-state index contributed by atoms with van der Waals surface area (Å²) in [6.07, 6.45) is 1.59. The number of nitrogens with one attached hydrogen (secondary N) is 1. The van der Waals surface area contributed by atoms with Gasteiger partial charge in [0.15, 0.2) is 23.3 Å². The number of anilines is 1. The number of unbranched alkanes of at least 4 members (excludes halogenated alkanes) is 1. The van der Waals surface area contributed by atoms with Crippen LogP contribution in [0.1, 0.15) is 26.2 Å². The molecule has 1 rings (SSSR count). The Morgan fingerprint density at radius 1 is 0.875 bits per heavy atom. The molecule has 1 aromatic carbocycles. The van der Waals surface area contributed by atoms with Crippen LogP contribution in [0.5, 0.6) is 0 Å². The lowest BCUT2D eigenvalue weighted by molar-refractivity contribution is 0.0895. The molecule has 0 fully saturated rings. The van der Waals surface area contributed by atoms with Gasteiger partial charge in [-0.2, -0.15) is 0 Å². The molecule has 0 amide bonds. The van der Waals surface area contributed by atoms with Crippen LogP contribution in [0.15, 0.2) is 0 Å². The molecule has 1 unspecified atom stereocenters. The third-order valence-corrected chi connectivity index (χ3v) is 4.73. The number of hydrogen-bond donors (Lipinski definition) is 1. The number of halogens is 5. The molecule has 1 aromatic rings. The molecule has 0 aliphatic carbocycles. The number of hydrogen-bond acceptors (Lipinski definition) is 4. The van der Waals surface area contributed by atoms with Gasteiger partial charge in [-0.1, -0.05) is 0 Å². The Kier molecular flexibility index (Phi) is 8.60. The summed E-state index contributed by atoms with van der Waals surface area (Å²) in [6.45, 7) is 1.88. The molecular weight excluding hydrogens is 353 g/mol. The minimum Gasteiger partial charge on any atom is -0.380 e. The van der Waals surface area contributed by atoms with E-state index in [4.69, 9.17) is 13.3 Å². The van der Waals surface area contributed by atoms with Crippen LogP contribution in [0.4, 0.5) is 27.6 Å². The lowest BCUT2D eigenvalue weighted by Crippen LogP contribution is -2.28. The van der Waals surface area contributed by atoms with E-state index in [1.165, 1.54) is 14.2 Å². The third-order valence-electron chi connectivity index (χ3n) is 3.28. The molecule has 0 aliphatic rings. The summed E-state index contributed by atoms with van der Waals surface area (Å²) in [5.41, 5.74) is -1.01. The highest BCUT2D eigenvalue weighted by Crippen LogP contribution is 2.27. The molecule has 138 valence electrons. The van der Waals surface area contributed by atoms with E-state index in [2.05, 4.69) is 5.32 Å². The van der Waals surface area contributed by atoms with Crippen molar-refractivity contribution in [2.45, 2.75) is 32.3 Å². The van der Waals surface area contributed by atoms with Gasteiger partial charge >= 0.3 is 9.53 Å². The molecule has 1 atom stereocenters. The zero-order valence-corrected chi connectivity index (χ0v) is 14.8. The van der Waals surface area contributed by atoms with Crippen molar-refractivity contribution in [1.82, 2.24) is 0 Å². The summed E-state index contributed by atoms with van der Waals surface area (Å²) >= 11 is 0. The minimum absolute atomic E-state index is 0.0560. The van der Waals surface area contributed by atoms with Crippen molar-refractivity contribution in [3.63, 3.8) is 0 Å². The Hall–Kier alpha value is -1.23. The molecule has 0 heterocycles. The smallest absolute Gasteiger partial charge is 0.380 e. The highest BCUT2D eigenvalue weighted by atomic mass is 28.3. The fraction of sp³-hybridized carbons (Fsp3) is 0.571. The molecule has 0 spiro atoms. The minimum atomic E-state index is -2.17. The van der Waals surface area contributed by atoms with Gasteiger partial charge in [0.1, 0.15) is 5.69 Å². The van der Waals surface area contributed by atoms with Crippen LogP contribution in [0.25, 0.3) is 0 Å². The molecular formula is C14H20F5NO3Si. The second-order valence-corrected chi connectivity index (χ2v) is 6.87. The first-order valence-corrected chi connectivity index (χ1v) is 8.71. The zero-order valence-electron chi connectivity index (χ0n) is 13.6. The Balaban J connectivity index is 2.44. The molecule has 1 N–H and O–H groups in total. The van der Waals surface area contributed by atoms with Crippen LogP contribution < -0.4 is 5.32 Å². The Morgan fingerprint density at radius 3 is 1.88 bits per heavy atom. The summed E-state index contributed by atoms with van der Waals surface area (Å²) in [6, 6.07) is 0. The largest absolute Gasteiger partial charge is 0.483 e. The molecule has 4 nitrogen and oxygen atoms in total. The van der Waals surface area contributed by atoms with Gasteiger partial charge in [-0.25, -0.2) is 22.0 Å². The van der Waals surface area contributed by atoms with Crippen LogP contribution in [0, 0.1) is 29.1 Å². The van der Waals surface area contributed by atoms with E-state index in [9.17, 15) is 22.0 Å². The van der Waals surface area contributed by atoms with Crippen molar-refractivity contribution in [2.75, 3.05) is 26.1 Å². The molecule has 0 radical (unpaired) electrons. The van der Waals surface area contributed by atoms with Crippen LogP contribution in [-0.2, 0) is 13.3 Å². The van der Waals surface area contributed by atoms with Crippen LogP contribution in [0.3, 0.4) is 0 Å². The van der Waals surface area contributed by atoms with E-state index in [-0.39, 0.29) is 12.6 Å². The first-order chi connectivity index (χ1) is 11.3. The van der Waals surface area contributed by atoms with Gasteiger partial charge in [-0.15, -0.1) is 0 Å². The second kappa shape index (κ2) is 9.92. The molecule has 0 bridgehead atoms. The van der Waals surface area contributed by atoms with E-state index >= 15 is 0 Å². The van der Waals surface area contributed by atoms with Gasteiger partial charge in [0.2, 0.25) is 5.82 Å². The van der Waals surface area contributed by atoms with Crippen molar-refractivity contribution >= 4 is 15.2 Å². The van der Waals surface area contributed by atoms with Crippen LogP contribution in [-0.4, -0.2) is 36.4 Å². The summed E-state index contributed by atoms with van der Waals surface area (Å²) in [5.74, 6) is -9.83. The molecule has 0 aromatic heterocycles. The Morgan fingerprint density at radius 2 is 1.38 bits per heavy atom. The standard InChI is InChI=1S/C14H20F5NO3Si/c1-8(23-24(21-2)22-3)6-4-5-7-20-14-12(18)10(16)9(15)11(17)13(14)19/h8,20,24H,4-7H2,1-3H3.